The number of ketones is 1. The molecule has 0 aliphatic heterocycles. The SMILES string of the molecule is COC(=O)C(C/C=C/c1ccc(N(C)c2ncccn2)cc1)CC(=O)c1c(F)cccc1F. The molecule has 0 saturated carbocycles. The molecule has 1 unspecified atom stereocenters. The summed E-state index contributed by atoms with van der Waals surface area (Å²) in [6.45, 7) is 0. The summed E-state index contributed by atoms with van der Waals surface area (Å²) in [7, 11) is 3.06. The Bertz CT molecular complexity index is 1120. The maximum atomic E-state index is 13.9. The zero-order chi connectivity index (χ0) is 23.8. The van der Waals surface area contributed by atoms with E-state index in [0.29, 0.717) is 5.95 Å². The van der Waals surface area contributed by atoms with E-state index in [4.69, 9.17) is 4.74 Å². The maximum absolute atomic E-state index is 13.9. The second-order valence-corrected chi connectivity index (χ2v) is 7.28. The van der Waals surface area contributed by atoms with E-state index >= 15 is 0 Å². The van der Waals surface area contributed by atoms with Gasteiger partial charge in [-0.3, -0.25) is 9.59 Å². The number of anilines is 2. The standard InChI is InChI=1S/C25H23F2N3O3/c1-30(25-28-14-5-15-29-25)19-12-10-17(11-13-19)6-3-7-18(24(32)33-2)16-22(31)23-20(26)8-4-9-21(23)27/h3-6,8-15,18H,7,16H2,1-2H3/b6-3+. The number of nitrogens with zero attached hydrogens (tertiary/aromatic N) is 3. The highest BCUT2D eigenvalue weighted by atomic mass is 19.1. The van der Waals surface area contributed by atoms with Gasteiger partial charge in [0.15, 0.2) is 5.78 Å². The molecule has 0 radical (unpaired) electrons. The lowest BCUT2D eigenvalue weighted by molar-refractivity contribution is -0.145. The normalized spacial score (nSPS) is 11.9. The minimum absolute atomic E-state index is 0.175. The van der Waals surface area contributed by atoms with Crippen molar-refractivity contribution in [2.45, 2.75) is 12.8 Å². The number of esters is 1. The fourth-order valence-electron chi connectivity index (χ4n) is 3.28. The summed E-state index contributed by atoms with van der Waals surface area (Å²) in [5.74, 6) is -3.61. The van der Waals surface area contributed by atoms with E-state index in [2.05, 4.69) is 9.97 Å². The van der Waals surface area contributed by atoms with Crippen molar-refractivity contribution in [3.05, 3.63) is 89.8 Å². The molecule has 1 aromatic heterocycles. The van der Waals surface area contributed by atoms with Crippen molar-refractivity contribution in [2.24, 2.45) is 5.92 Å². The van der Waals surface area contributed by atoms with E-state index in [1.54, 1.807) is 30.6 Å². The summed E-state index contributed by atoms with van der Waals surface area (Å²) in [4.78, 5) is 34.8. The van der Waals surface area contributed by atoms with Gasteiger partial charge in [-0.2, -0.15) is 0 Å². The molecule has 0 fully saturated rings. The number of methoxy groups -OCH3 is 1. The largest absolute Gasteiger partial charge is 0.469 e. The Morgan fingerprint density at radius 1 is 1.03 bits per heavy atom. The number of carbonyl (C=O) groups excluding carboxylic acids is 2. The molecule has 33 heavy (non-hydrogen) atoms. The molecule has 170 valence electrons. The van der Waals surface area contributed by atoms with E-state index < -0.39 is 34.9 Å². The molecule has 3 rings (SSSR count). The molecule has 0 aliphatic rings. The van der Waals surface area contributed by atoms with Crippen molar-refractivity contribution < 1.29 is 23.1 Å². The molecular weight excluding hydrogens is 428 g/mol. The lowest BCUT2D eigenvalue weighted by atomic mass is 9.94. The third kappa shape index (κ3) is 6.06. The van der Waals surface area contributed by atoms with Crippen LogP contribution in [0.4, 0.5) is 20.4 Å². The van der Waals surface area contributed by atoms with Crippen molar-refractivity contribution in [1.82, 2.24) is 9.97 Å². The molecule has 1 heterocycles. The monoisotopic (exact) mass is 451 g/mol. The highest BCUT2D eigenvalue weighted by Gasteiger charge is 2.25. The van der Waals surface area contributed by atoms with Gasteiger partial charge in [0.1, 0.15) is 11.6 Å². The summed E-state index contributed by atoms with van der Waals surface area (Å²) in [5, 5.41) is 0. The van der Waals surface area contributed by atoms with Gasteiger partial charge in [-0.25, -0.2) is 18.7 Å². The first-order chi connectivity index (χ1) is 15.9. The summed E-state index contributed by atoms with van der Waals surface area (Å²) >= 11 is 0. The van der Waals surface area contributed by atoms with Crippen molar-refractivity contribution in [1.29, 1.82) is 0 Å². The Morgan fingerprint density at radius 2 is 1.67 bits per heavy atom. The molecule has 0 spiro atoms. The molecule has 2 aromatic carbocycles. The van der Waals surface area contributed by atoms with Crippen molar-refractivity contribution in [3.8, 4) is 0 Å². The number of aromatic nitrogens is 2. The Kier molecular flexibility index (Phi) is 7.96. The first-order valence-corrected chi connectivity index (χ1v) is 10.2. The number of Topliss-reactive ketones (excluding diaryl/α,β-unsaturated/α-hetero) is 1. The molecule has 3 aromatic rings. The van der Waals surface area contributed by atoms with E-state index in [1.165, 1.54) is 13.2 Å². The van der Waals surface area contributed by atoms with Gasteiger partial charge < -0.3 is 9.64 Å². The van der Waals surface area contributed by atoms with Crippen LogP contribution in [0.15, 0.2) is 67.0 Å². The number of hydrogen-bond acceptors (Lipinski definition) is 6. The Labute approximate surface area is 190 Å². The number of halogens is 2. The van der Waals surface area contributed by atoms with E-state index in [9.17, 15) is 18.4 Å². The predicted molar refractivity (Wildman–Crippen MR) is 121 cm³/mol. The van der Waals surface area contributed by atoms with Gasteiger partial charge in [0.05, 0.1) is 18.6 Å². The number of carbonyl (C=O) groups is 2. The average molecular weight is 451 g/mol. The molecule has 0 N–H and O–H groups in total. The zero-order valence-electron chi connectivity index (χ0n) is 18.2. The van der Waals surface area contributed by atoms with E-state index in [0.717, 1.165) is 23.4 Å². The topological polar surface area (TPSA) is 72.4 Å². The Hall–Kier alpha value is -3.94. The van der Waals surface area contributed by atoms with Crippen LogP contribution in [0.3, 0.4) is 0 Å². The van der Waals surface area contributed by atoms with Crippen molar-refractivity contribution in [3.63, 3.8) is 0 Å². The molecule has 0 saturated heterocycles. The van der Waals surface area contributed by atoms with Gasteiger partial charge in [-0.15, -0.1) is 0 Å². The summed E-state index contributed by atoms with van der Waals surface area (Å²) in [5.41, 5.74) is 1.12. The van der Waals surface area contributed by atoms with Crippen LogP contribution in [0, 0.1) is 17.6 Å². The summed E-state index contributed by atoms with van der Waals surface area (Å²) in [6.07, 6.45) is 6.67. The third-order valence-corrected chi connectivity index (χ3v) is 5.07. The van der Waals surface area contributed by atoms with Crippen LogP contribution in [0.2, 0.25) is 0 Å². The van der Waals surface area contributed by atoms with Crippen LogP contribution < -0.4 is 4.90 Å². The van der Waals surface area contributed by atoms with Gasteiger partial charge in [0.2, 0.25) is 5.95 Å². The summed E-state index contributed by atoms with van der Waals surface area (Å²) in [6, 6.07) is 12.5. The second kappa shape index (κ2) is 11.1. The summed E-state index contributed by atoms with van der Waals surface area (Å²) < 4.78 is 32.6. The number of ether oxygens (including phenoxy) is 1. The minimum atomic E-state index is -0.954. The average Bonchev–Trinajstić information content (AvgIpc) is 2.83. The fourth-order valence-corrected chi connectivity index (χ4v) is 3.28. The van der Waals surface area contributed by atoms with Crippen molar-refractivity contribution >= 4 is 29.5 Å². The van der Waals surface area contributed by atoms with Crippen LogP contribution in [-0.4, -0.2) is 35.9 Å². The number of hydrogen-bond donors (Lipinski definition) is 0. The molecule has 0 aliphatic carbocycles. The van der Waals surface area contributed by atoms with Gasteiger partial charge >= 0.3 is 5.97 Å². The van der Waals surface area contributed by atoms with Crippen molar-refractivity contribution in [2.75, 3.05) is 19.1 Å². The van der Waals surface area contributed by atoms with E-state index in [1.807, 2.05) is 36.2 Å². The molecule has 1 atom stereocenters. The van der Waals surface area contributed by atoms with Crippen LogP contribution in [0.5, 0.6) is 0 Å². The maximum Gasteiger partial charge on any atom is 0.309 e. The second-order valence-electron chi connectivity index (χ2n) is 7.28. The minimum Gasteiger partial charge on any atom is -0.469 e. The lowest BCUT2D eigenvalue weighted by Gasteiger charge is -2.16. The fraction of sp³-hybridized carbons (Fsp3) is 0.200. The molecule has 0 amide bonds. The van der Waals surface area contributed by atoms with Crippen LogP contribution in [0.1, 0.15) is 28.8 Å². The quantitative estimate of drug-likeness (QED) is 0.337. The van der Waals surface area contributed by atoms with E-state index in [-0.39, 0.29) is 12.8 Å². The third-order valence-electron chi connectivity index (χ3n) is 5.07. The highest BCUT2D eigenvalue weighted by Crippen LogP contribution is 2.22. The molecular formula is C25H23F2N3O3. The first kappa shape index (κ1) is 23.7. The van der Waals surface area contributed by atoms with Gasteiger partial charge in [-0.1, -0.05) is 30.4 Å². The smallest absolute Gasteiger partial charge is 0.309 e. The Balaban J connectivity index is 1.66. The van der Waals surface area contributed by atoms with Gasteiger partial charge in [-0.05, 0) is 42.3 Å². The van der Waals surface area contributed by atoms with Crippen LogP contribution >= 0.6 is 0 Å². The Morgan fingerprint density at radius 3 is 2.27 bits per heavy atom. The lowest BCUT2D eigenvalue weighted by Crippen LogP contribution is -2.20. The molecule has 6 nitrogen and oxygen atoms in total. The van der Waals surface area contributed by atoms with Gasteiger partial charge in [0, 0.05) is 31.5 Å². The number of allylic oxidation sites excluding steroid dienone is 1. The van der Waals surface area contributed by atoms with Gasteiger partial charge in [0.25, 0.3) is 0 Å². The zero-order valence-corrected chi connectivity index (χ0v) is 18.2. The first-order valence-electron chi connectivity index (χ1n) is 10.2. The van der Waals surface area contributed by atoms with Crippen LogP contribution in [0.25, 0.3) is 6.08 Å². The molecule has 8 heteroatoms. The van der Waals surface area contributed by atoms with Crippen LogP contribution in [-0.2, 0) is 9.53 Å². The molecule has 0 bridgehead atoms. The predicted octanol–water partition coefficient (Wildman–Crippen LogP) is 4.99. The highest BCUT2D eigenvalue weighted by molar-refractivity contribution is 5.98. The number of benzene rings is 2. The number of rotatable bonds is 9.